The van der Waals surface area contributed by atoms with Crippen LogP contribution in [0.25, 0.3) is 0 Å². The Morgan fingerprint density at radius 2 is 1.96 bits per heavy atom. The third kappa shape index (κ3) is 4.24. The molecule has 2 aromatic rings. The Kier molecular flexibility index (Phi) is 5.33. The minimum Gasteiger partial charge on any atom is -0.489 e. The van der Waals surface area contributed by atoms with Gasteiger partial charge in [-0.2, -0.15) is 0 Å². The molecule has 2 N–H and O–H groups in total. The van der Waals surface area contributed by atoms with Gasteiger partial charge in [0, 0.05) is 23.7 Å². The number of hydrogen-bond acceptors (Lipinski definition) is 3. The second-order valence-electron chi connectivity index (χ2n) is 5.27. The molecule has 7 heteroatoms. The number of carbonyl (C=O) groups is 1. The fraction of sp³-hybridized carbons (Fsp3) is 0.235. The maximum atomic E-state index is 12.0. The van der Waals surface area contributed by atoms with Crippen LogP contribution in [0.1, 0.15) is 12.0 Å². The van der Waals surface area contributed by atoms with Crippen molar-refractivity contribution in [3.63, 3.8) is 0 Å². The first-order valence-electron chi connectivity index (χ1n) is 7.50. The molecule has 0 saturated carbocycles. The molecule has 0 spiro atoms. The number of anilines is 1. The molecule has 0 aliphatic carbocycles. The summed E-state index contributed by atoms with van der Waals surface area (Å²) in [6.45, 7) is 1.46. The highest BCUT2D eigenvalue weighted by Crippen LogP contribution is 2.37. The molecule has 2 aromatic carbocycles. The van der Waals surface area contributed by atoms with Gasteiger partial charge >= 0.3 is 6.03 Å². The van der Waals surface area contributed by atoms with Crippen LogP contribution >= 0.6 is 23.2 Å². The van der Waals surface area contributed by atoms with E-state index in [0.717, 1.165) is 12.0 Å². The lowest BCUT2D eigenvalue weighted by molar-refractivity contribution is 0.251. The van der Waals surface area contributed by atoms with E-state index in [1.165, 1.54) is 0 Å². The van der Waals surface area contributed by atoms with Gasteiger partial charge in [-0.15, -0.1) is 0 Å². The zero-order valence-electron chi connectivity index (χ0n) is 12.8. The summed E-state index contributed by atoms with van der Waals surface area (Å²) in [5, 5.41) is 6.52. The molecule has 0 fully saturated rings. The number of ether oxygens (including phenoxy) is 2. The largest absolute Gasteiger partial charge is 0.489 e. The third-order valence-electron chi connectivity index (χ3n) is 3.40. The number of carbonyl (C=O) groups excluding carboxylic acids is 1. The van der Waals surface area contributed by atoms with Crippen molar-refractivity contribution in [2.24, 2.45) is 0 Å². The molecule has 0 bridgehead atoms. The summed E-state index contributed by atoms with van der Waals surface area (Å²) < 4.78 is 11.2. The van der Waals surface area contributed by atoms with E-state index in [9.17, 15) is 4.79 Å². The minimum absolute atomic E-state index is 0.308. The standard InChI is InChI=1S/C17H16Cl2N2O3/c18-12-3-1-4-13(9-12)21-17(22)20-10-11-7-14(19)16-15(8-11)23-5-2-6-24-16/h1,3-4,7-9H,2,5-6,10H2,(H2,20,21,22). The van der Waals surface area contributed by atoms with Gasteiger partial charge in [0.1, 0.15) is 0 Å². The van der Waals surface area contributed by atoms with Crippen molar-refractivity contribution in [2.45, 2.75) is 13.0 Å². The van der Waals surface area contributed by atoms with Gasteiger partial charge in [-0.05, 0) is 35.9 Å². The smallest absolute Gasteiger partial charge is 0.319 e. The molecule has 126 valence electrons. The van der Waals surface area contributed by atoms with E-state index < -0.39 is 0 Å². The summed E-state index contributed by atoms with van der Waals surface area (Å²) in [6.07, 6.45) is 0.806. The molecule has 0 atom stereocenters. The highest BCUT2D eigenvalue weighted by Gasteiger charge is 2.15. The van der Waals surface area contributed by atoms with Gasteiger partial charge in [0.15, 0.2) is 11.5 Å². The number of fused-ring (bicyclic) bond motifs is 1. The predicted molar refractivity (Wildman–Crippen MR) is 94.4 cm³/mol. The van der Waals surface area contributed by atoms with Crippen LogP contribution in [0.2, 0.25) is 10.0 Å². The second-order valence-corrected chi connectivity index (χ2v) is 6.12. The van der Waals surface area contributed by atoms with Crippen LogP contribution in [0.4, 0.5) is 10.5 Å². The molecule has 2 amide bonds. The number of benzene rings is 2. The lowest BCUT2D eigenvalue weighted by atomic mass is 10.2. The van der Waals surface area contributed by atoms with Crippen LogP contribution in [0.5, 0.6) is 11.5 Å². The molecule has 1 heterocycles. The maximum absolute atomic E-state index is 12.0. The van der Waals surface area contributed by atoms with Crippen molar-refractivity contribution in [3.8, 4) is 11.5 Å². The van der Waals surface area contributed by atoms with Gasteiger partial charge in [0.2, 0.25) is 0 Å². The SMILES string of the molecule is O=C(NCc1cc(Cl)c2c(c1)OCCCO2)Nc1cccc(Cl)c1. The Balaban J connectivity index is 1.63. The monoisotopic (exact) mass is 366 g/mol. The summed E-state index contributed by atoms with van der Waals surface area (Å²) in [5.74, 6) is 1.16. The van der Waals surface area contributed by atoms with Crippen LogP contribution in [-0.4, -0.2) is 19.2 Å². The van der Waals surface area contributed by atoms with Gasteiger partial charge in [-0.3, -0.25) is 0 Å². The predicted octanol–water partition coefficient (Wildman–Crippen LogP) is 4.48. The first-order chi connectivity index (χ1) is 11.6. The number of amides is 2. The van der Waals surface area contributed by atoms with Gasteiger partial charge < -0.3 is 20.1 Å². The molecule has 0 saturated heterocycles. The summed E-state index contributed by atoms with van der Waals surface area (Å²) in [4.78, 5) is 12.0. The maximum Gasteiger partial charge on any atom is 0.319 e. The molecule has 0 aromatic heterocycles. The molecule has 1 aliphatic rings. The van der Waals surface area contributed by atoms with Gasteiger partial charge in [0.25, 0.3) is 0 Å². The van der Waals surface area contributed by atoms with Crippen molar-refractivity contribution in [2.75, 3.05) is 18.5 Å². The first-order valence-corrected chi connectivity index (χ1v) is 8.26. The van der Waals surface area contributed by atoms with E-state index in [1.807, 2.05) is 6.07 Å². The Labute approximate surface area is 149 Å². The molecule has 0 unspecified atom stereocenters. The summed E-state index contributed by atoms with van der Waals surface area (Å²) in [6, 6.07) is 10.2. The molecule has 1 aliphatic heterocycles. The zero-order valence-corrected chi connectivity index (χ0v) is 14.3. The lowest BCUT2D eigenvalue weighted by Gasteiger charge is -2.12. The quantitative estimate of drug-likeness (QED) is 0.841. The van der Waals surface area contributed by atoms with E-state index >= 15 is 0 Å². The number of urea groups is 1. The minimum atomic E-state index is -0.333. The molecule has 24 heavy (non-hydrogen) atoms. The zero-order chi connectivity index (χ0) is 16.9. The molecule has 5 nitrogen and oxygen atoms in total. The average Bonchev–Trinajstić information content (AvgIpc) is 2.79. The van der Waals surface area contributed by atoms with Gasteiger partial charge in [-0.25, -0.2) is 4.79 Å². The summed E-state index contributed by atoms with van der Waals surface area (Å²) >= 11 is 12.1. The number of rotatable bonds is 3. The first kappa shape index (κ1) is 16.7. The van der Waals surface area contributed by atoms with Crippen molar-refractivity contribution < 1.29 is 14.3 Å². The van der Waals surface area contributed by atoms with Crippen LogP contribution in [0.15, 0.2) is 36.4 Å². The average molecular weight is 367 g/mol. The van der Waals surface area contributed by atoms with E-state index in [4.69, 9.17) is 32.7 Å². The fourth-order valence-corrected chi connectivity index (χ4v) is 2.79. The van der Waals surface area contributed by atoms with Crippen LogP contribution < -0.4 is 20.1 Å². The van der Waals surface area contributed by atoms with Crippen molar-refractivity contribution in [1.82, 2.24) is 5.32 Å². The number of hydrogen-bond donors (Lipinski definition) is 2. The topological polar surface area (TPSA) is 59.6 Å². The summed E-state index contributed by atoms with van der Waals surface area (Å²) in [5.41, 5.74) is 1.45. The normalized spacial score (nSPS) is 13.1. The van der Waals surface area contributed by atoms with E-state index in [2.05, 4.69) is 10.6 Å². The van der Waals surface area contributed by atoms with Crippen LogP contribution in [0, 0.1) is 0 Å². The Morgan fingerprint density at radius 3 is 2.79 bits per heavy atom. The highest BCUT2D eigenvalue weighted by atomic mass is 35.5. The Morgan fingerprint density at radius 1 is 1.12 bits per heavy atom. The van der Waals surface area contributed by atoms with Crippen LogP contribution in [-0.2, 0) is 6.54 Å². The van der Waals surface area contributed by atoms with Crippen molar-refractivity contribution in [1.29, 1.82) is 0 Å². The van der Waals surface area contributed by atoms with E-state index in [0.29, 0.717) is 47.0 Å². The molecule has 3 rings (SSSR count). The van der Waals surface area contributed by atoms with E-state index in [-0.39, 0.29) is 6.03 Å². The van der Waals surface area contributed by atoms with Crippen molar-refractivity contribution >= 4 is 34.9 Å². The van der Waals surface area contributed by atoms with Crippen LogP contribution in [0.3, 0.4) is 0 Å². The van der Waals surface area contributed by atoms with Gasteiger partial charge in [0.05, 0.1) is 18.2 Å². The molecular formula is C17H16Cl2N2O3. The number of nitrogens with one attached hydrogen (secondary N) is 2. The summed E-state index contributed by atoms with van der Waals surface area (Å²) in [7, 11) is 0. The highest BCUT2D eigenvalue weighted by molar-refractivity contribution is 6.32. The third-order valence-corrected chi connectivity index (χ3v) is 3.91. The fourth-order valence-electron chi connectivity index (χ4n) is 2.31. The van der Waals surface area contributed by atoms with E-state index in [1.54, 1.807) is 30.3 Å². The van der Waals surface area contributed by atoms with Crippen molar-refractivity contribution in [3.05, 3.63) is 52.0 Å². The molecule has 0 radical (unpaired) electrons. The Bertz CT molecular complexity index is 753. The lowest BCUT2D eigenvalue weighted by Crippen LogP contribution is -2.28. The van der Waals surface area contributed by atoms with Gasteiger partial charge in [-0.1, -0.05) is 29.3 Å². The Hall–Kier alpha value is -2.11. The molecular weight excluding hydrogens is 351 g/mol. The second kappa shape index (κ2) is 7.64. The number of halogens is 2.